The predicted molar refractivity (Wildman–Crippen MR) is 84.0 cm³/mol. The van der Waals surface area contributed by atoms with Crippen LogP contribution in [0.15, 0.2) is 6.07 Å². The van der Waals surface area contributed by atoms with Gasteiger partial charge in [-0.3, -0.25) is 4.79 Å². The van der Waals surface area contributed by atoms with Crippen LogP contribution in [0.5, 0.6) is 0 Å². The van der Waals surface area contributed by atoms with E-state index >= 15 is 0 Å². The summed E-state index contributed by atoms with van der Waals surface area (Å²) in [4.78, 5) is 12.2. The van der Waals surface area contributed by atoms with Crippen molar-refractivity contribution in [2.45, 2.75) is 54.0 Å². The third-order valence-electron chi connectivity index (χ3n) is 3.82. The SMILES string of the molecule is Cc1cc2c(c(C)c1NC(=O)CC(C)(C)C)CCNC2. The first-order valence-corrected chi connectivity index (χ1v) is 7.40. The summed E-state index contributed by atoms with van der Waals surface area (Å²) in [6.45, 7) is 12.4. The van der Waals surface area contributed by atoms with Gasteiger partial charge in [-0.05, 0) is 54.5 Å². The summed E-state index contributed by atoms with van der Waals surface area (Å²) in [7, 11) is 0. The lowest BCUT2D eigenvalue weighted by atomic mass is 9.90. The summed E-state index contributed by atoms with van der Waals surface area (Å²) >= 11 is 0. The number of carbonyl (C=O) groups excluding carboxylic acids is 1. The van der Waals surface area contributed by atoms with E-state index in [1.165, 1.54) is 16.7 Å². The molecule has 0 aromatic heterocycles. The summed E-state index contributed by atoms with van der Waals surface area (Å²) in [6, 6.07) is 2.21. The second-order valence-electron chi connectivity index (χ2n) is 7.04. The van der Waals surface area contributed by atoms with Gasteiger partial charge in [-0.2, -0.15) is 0 Å². The Hall–Kier alpha value is -1.35. The Kier molecular flexibility index (Phi) is 4.19. The highest BCUT2D eigenvalue weighted by Gasteiger charge is 2.20. The van der Waals surface area contributed by atoms with E-state index in [1.807, 2.05) is 0 Å². The average molecular weight is 274 g/mol. The van der Waals surface area contributed by atoms with Crippen molar-refractivity contribution in [3.8, 4) is 0 Å². The van der Waals surface area contributed by atoms with Crippen LogP contribution in [-0.2, 0) is 17.8 Å². The van der Waals surface area contributed by atoms with Crippen molar-refractivity contribution in [2.24, 2.45) is 5.41 Å². The van der Waals surface area contributed by atoms with Crippen LogP contribution in [0.2, 0.25) is 0 Å². The molecule has 3 heteroatoms. The number of hydrogen-bond acceptors (Lipinski definition) is 2. The number of anilines is 1. The molecule has 20 heavy (non-hydrogen) atoms. The quantitative estimate of drug-likeness (QED) is 0.868. The maximum Gasteiger partial charge on any atom is 0.224 e. The standard InChI is InChI=1S/C17H26N2O/c1-11-8-13-10-18-7-6-14(13)12(2)16(11)19-15(20)9-17(3,4)5/h8,18H,6-7,9-10H2,1-5H3,(H,19,20). The van der Waals surface area contributed by atoms with Gasteiger partial charge in [0.05, 0.1) is 0 Å². The van der Waals surface area contributed by atoms with Crippen molar-refractivity contribution in [3.63, 3.8) is 0 Å². The Morgan fingerprint density at radius 1 is 1.35 bits per heavy atom. The number of benzene rings is 1. The van der Waals surface area contributed by atoms with E-state index < -0.39 is 0 Å². The van der Waals surface area contributed by atoms with Gasteiger partial charge in [-0.25, -0.2) is 0 Å². The molecular weight excluding hydrogens is 248 g/mol. The van der Waals surface area contributed by atoms with Gasteiger partial charge in [-0.1, -0.05) is 26.8 Å². The molecule has 0 spiro atoms. The third-order valence-corrected chi connectivity index (χ3v) is 3.82. The lowest BCUT2D eigenvalue weighted by molar-refractivity contribution is -0.117. The van der Waals surface area contributed by atoms with Crippen molar-refractivity contribution in [1.82, 2.24) is 5.32 Å². The van der Waals surface area contributed by atoms with Crippen LogP contribution in [0, 0.1) is 19.3 Å². The van der Waals surface area contributed by atoms with E-state index in [2.05, 4.69) is 51.3 Å². The zero-order valence-electron chi connectivity index (χ0n) is 13.3. The number of carbonyl (C=O) groups is 1. The van der Waals surface area contributed by atoms with Crippen LogP contribution in [-0.4, -0.2) is 12.5 Å². The molecule has 1 aromatic carbocycles. The molecule has 2 N–H and O–H groups in total. The van der Waals surface area contributed by atoms with Crippen molar-refractivity contribution in [3.05, 3.63) is 28.3 Å². The van der Waals surface area contributed by atoms with E-state index in [4.69, 9.17) is 0 Å². The van der Waals surface area contributed by atoms with Gasteiger partial charge < -0.3 is 10.6 Å². The summed E-state index contributed by atoms with van der Waals surface area (Å²) in [5.41, 5.74) is 6.21. The molecule has 110 valence electrons. The number of aryl methyl sites for hydroxylation is 1. The first-order chi connectivity index (χ1) is 9.28. The highest BCUT2D eigenvalue weighted by molar-refractivity contribution is 5.93. The van der Waals surface area contributed by atoms with Crippen molar-refractivity contribution >= 4 is 11.6 Å². The first kappa shape index (κ1) is 15.0. The molecule has 1 aliphatic rings. The Bertz CT molecular complexity index is 527. The van der Waals surface area contributed by atoms with E-state index in [9.17, 15) is 4.79 Å². The molecule has 0 aliphatic carbocycles. The van der Waals surface area contributed by atoms with Gasteiger partial charge in [0.15, 0.2) is 0 Å². The molecule has 0 unspecified atom stereocenters. The Balaban J connectivity index is 2.26. The lowest BCUT2D eigenvalue weighted by Gasteiger charge is -2.24. The fourth-order valence-electron chi connectivity index (χ4n) is 2.91. The topological polar surface area (TPSA) is 41.1 Å². The molecule has 1 heterocycles. The molecule has 1 aromatic rings. The molecular formula is C17H26N2O. The monoisotopic (exact) mass is 274 g/mol. The predicted octanol–water partition coefficient (Wildman–Crippen LogP) is 3.32. The number of amides is 1. The van der Waals surface area contributed by atoms with E-state index in [0.717, 1.165) is 30.8 Å². The molecule has 1 amide bonds. The summed E-state index contributed by atoms with van der Waals surface area (Å²) in [6.07, 6.45) is 1.59. The zero-order valence-corrected chi connectivity index (χ0v) is 13.3. The third kappa shape index (κ3) is 3.40. The van der Waals surface area contributed by atoms with E-state index in [-0.39, 0.29) is 11.3 Å². The highest BCUT2D eigenvalue weighted by Crippen LogP contribution is 2.30. The van der Waals surface area contributed by atoms with Gasteiger partial charge in [0.1, 0.15) is 0 Å². The maximum atomic E-state index is 12.2. The van der Waals surface area contributed by atoms with Gasteiger partial charge in [0.2, 0.25) is 5.91 Å². The molecule has 0 saturated carbocycles. The van der Waals surface area contributed by atoms with Crippen LogP contribution in [0.25, 0.3) is 0 Å². The van der Waals surface area contributed by atoms with Gasteiger partial charge in [-0.15, -0.1) is 0 Å². The summed E-state index contributed by atoms with van der Waals surface area (Å²) < 4.78 is 0. The number of hydrogen-bond donors (Lipinski definition) is 2. The number of rotatable bonds is 2. The van der Waals surface area contributed by atoms with Crippen LogP contribution in [0.4, 0.5) is 5.69 Å². The van der Waals surface area contributed by atoms with Crippen molar-refractivity contribution < 1.29 is 4.79 Å². The Labute approximate surface area is 122 Å². The van der Waals surface area contributed by atoms with Gasteiger partial charge in [0.25, 0.3) is 0 Å². The molecule has 0 atom stereocenters. The zero-order chi connectivity index (χ0) is 14.9. The van der Waals surface area contributed by atoms with Crippen LogP contribution in [0.1, 0.15) is 49.4 Å². The minimum absolute atomic E-state index is 0.0179. The average Bonchev–Trinajstić information content (AvgIpc) is 2.32. The smallest absolute Gasteiger partial charge is 0.224 e. The largest absolute Gasteiger partial charge is 0.326 e. The maximum absolute atomic E-state index is 12.2. The first-order valence-electron chi connectivity index (χ1n) is 7.40. The normalized spacial score (nSPS) is 14.8. The lowest BCUT2D eigenvalue weighted by Crippen LogP contribution is -2.26. The fourth-order valence-corrected chi connectivity index (χ4v) is 2.91. The molecule has 0 saturated heterocycles. The summed E-state index contributed by atoms with van der Waals surface area (Å²) in [5, 5.41) is 6.53. The minimum Gasteiger partial charge on any atom is -0.326 e. The summed E-state index contributed by atoms with van der Waals surface area (Å²) in [5.74, 6) is 0.109. The number of nitrogens with one attached hydrogen (secondary N) is 2. The second-order valence-corrected chi connectivity index (χ2v) is 7.04. The molecule has 3 nitrogen and oxygen atoms in total. The Morgan fingerprint density at radius 3 is 2.70 bits per heavy atom. The molecule has 0 bridgehead atoms. The fraction of sp³-hybridized carbons (Fsp3) is 0.588. The minimum atomic E-state index is 0.0179. The highest BCUT2D eigenvalue weighted by atomic mass is 16.1. The molecule has 0 fully saturated rings. The number of fused-ring (bicyclic) bond motifs is 1. The van der Waals surface area contributed by atoms with Crippen molar-refractivity contribution in [2.75, 3.05) is 11.9 Å². The molecule has 2 rings (SSSR count). The molecule has 1 aliphatic heterocycles. The van der Waals surface area contributed by atoms with Crippen LogP contribution in [0.3, 0.4) is 0 Å². The second kappa shape index (κ2) is 5.57. The Morgan fingerprint density at radius 2 is 2.05 bits per heavy atom. The van der Waals surface area contributed by atoms with Gasteiger partial charge >= 0.3 is 0 Å². The van der Waals surface area contributed by atoms with Gasteiger partial charge in [0, 0.05) is 18.7 Å². The van der Waals surface area contributed by atoms with Crippen LogP contribution < -0.4 is 10.6 Å². The molecule has 0 radical (unpaired) electrons. The van der Waals surface area contributed by atoms with E-state index in [1.54, 1.807) is 0 Å². The van der Waals surface area contributed by atoms with Crippen molar-refractivity contribution in [1.29, 1.82) is 0 Å². The van der Waals surface area contributed by atoms with Crippen LogP contribution >= 0.6 is 0 Å². The van der Waals surface area contributed by atoms with E-state index in [0.29, 0.717) is 6.42 Å².